The van der Waals surface area contributed by atoms with Crippen LogP contribution in [0.2, 0.25) is 0 Å². The zero-order chi connectivity index (χ0) is 22.5. The zero-order valence-electron chi connectivity index (χ0n) is 18.9. The number of aliphatic hydroxyl groups is 1. The van der Waals surface area contributed by atoms with Crippen LogP contribution >= 0.6 is 0 Å². The van der Waals surface area contributed by atoms with E-state index in [2.05, 4.69) is 52.4 Å². The van der Waals surface area contributed by atoms with Crippen LogP contribution < -0.4 is 15.1 Å². The SMILES string of the molecule is CN1CCN(C)c2cc(-c3cn4ccnc4c(Nc4ccc(C(C)(C)O)cc4)n3)ccc21. The van der Waals surface area contributed by atoms with Gasteiger partial charge in [-0.1, -0.05) is 18.2 Å². The zero-order valence-corrected chi connectivity index (χ0v) is 18.9. The number of imidazole rings is 1. The molecule has 32 heavy (non-hydrogen) atoms. The molecule has 0 spiro atoms. The molecule has 0 amide bonds. The van der Waals surface area contributed by atoms with Crippen LogP contribution in [0, 0.1) is 0 Å². The number of likely N-dealkylation sites (N-methyl/N-ethyl adjacent to an activating group) is 2. The maximum atomic E-state index is 10.2. The molecule has 4 aromatic rings. The molecule has 0 saturated carbocycles. The van der Waals surface area contributed by atoms with Crippen molar-refractivity contribution in [2.75, 3.05) is 42.3 Å². The number of fused-ring (bicyclic) bond motifs is 2. The highest BCUT2D eigenvalue weighted by atomic mass is 16.3. The first-order chi connectivity index (χ1) is 15.3. The van der Waals surface area contributed by atoms with E-state index in [1.807, 2.05) is 41.1 Å². The Hall–Kier alpha value is -3.58. The molecule has 0 bridgehead atoms. The van der Waals surface area contributed by atoms with Crippen molar-refractivity contribution in [2.45, 2.75) is 19.4 Å². The third kappa shape index (κ3) is 3.65. The minimum atomic E-state index is -0.874. The van der Waals surface area contributed by atoms with Crippen LogP contribution in [0.5, 0.6) is 0 Å². The summed E-state index contributed by atoms with van der Waals surface area (Å²) in [7, 11) is 4.26. The molecular weight excluding hydrogens is 400 g/mol. The lowest BCUT2D eigenvalue weighted by molar-refractivity contribution is 0.0786. The van der Waals surface area contributed by atoms with Gasteiger partial charge in [0.05, 0.1) is 22.7 Å². The lowest BCUT2D eigenvalue weighted by atomic mass is 9.98. The van der Waals surface area contributed by atoms with Gasteiger partial charge in [-0.3, -0.25) is 0 Å². The van der Waals surface area contributed by atoms with Crippen LogP contribution in [-0.2, 0) is 5.60 Å². The average Bonchev–Trinajstić information content (AvgIpc) is 3.25. The fourth-order valence-electron chi connectivity index (χ4n) is 4.10. The highest BCUT2D eigenvalue weighted by Crippen LogP contribution is 2.35. The van der Waals surface area contributed by atoms with E-state index >= 15 is 0 Å². The number of anilines is 4. The number of benzene rings is 2. The van der Waals surface area contributed by atoms with Crippen LogP contribution in [0.4, 0.5) is 22.9 Å². The van der Waals surface area contributed by atoms with Crippen LogP contribution in [0.25, 0.3) is 16.9 Å². The summed E-state index contributed by atoms with van der Waals surface area (Å²) >= 11 is 0. The summed E-state index contributed by atoms with van der Waals surface area (Å²) in [5, 5.41) is 13.6. The van der Waals surface area contributed by atoms with Crippen molar-refractivity contribution in [1.82, 2.24) is 14.4 Å². The Morgan fingerprint density at radius 2 is 1.69 bits per heavy atom. The Morgan fingerprint density at radius 1 is 0.969 bits per heavy atom. The summed E-state index contributed by atoms with van der Waals surface area (Å²) in [4.78, 5) is 14.0. The molecule has 0 fully saturated rings. The first kappa shape index (κ1) is 20.3. The first-order valence-electron chi connectivity index (χ1n) is 10.8. The van der Waals surface area contributed by atoms with E-state index in [0.29, 0.717) is 5.82 Å². The second kappa shape index (κ2) is 7.53. The molecule has 0 saturated heterocycles. The molecule has 0 unspecified atom stereocenters. The predicted molar refractivity (Wildman–Crippen MR) is 130 cm³/mol. The summed E-state index contributed by atoms with van der Waals surface area (Å²) in [6, 6.07) is 14.2. The maximum absolute atomic E-state index is 10.2. The van der Waals surface area contributed by atoms with Crippen molar-refractivity contribution in [3.05, 3.63) is 66.6 Å². The van der Waals surface area contributed by atoms with Crippen molar-refractivity contribution in [1.29, 1.82) is 0 Å². The lowest BCUT2D eigenvalue weighted by Crippen LogP contribution is -2.36. The normalized spacial score (nSPS) is 14.0. The second-order valence-electron chi connectivity index (χ2n) is 8.94. The predicted octanol–water partition coefficient (Wildman–Crippen LogP) is 4.25. The molecule has 7 heteroatoms. The van der Waals surface area contributed by atoms with Gasteiger partial charge in [0.1, 0.15) is 0 Å². The molecule has 2 aromatic heterocycles. The number of hydrogen-bond acceptors (Lipinski definition) is 6. The van der Waals surface area contributed by atoms with Crippen molar-refractivity contribution in [3.63, 3.8) is 0 Å². The molecule has 7 nitrogen and oxygen atoms in total. The molecule has 1 aliphatic heterocycles. The highest BCUT2D eigenvalue weighted by Gasteiger charge is 2.19. The van der Waals surface area contributed by atoms with Crippen LogP contribution in [0.15, 0.2) is 61.1 Å². The quantitative estimate of drug-likeness (QED) is 0.506. The van der Waals surface area contributed by atoms with Gasteiger partial charge in [0, 0.05) is 57.0 Å². The van der Waals surface area contributed by atoms with Crippen molar-refractivity contribution < 1.29 is 5.11 Å². The Kier molecular flexibility index (Phi) is 4.78. The van der Waals surface area contributed by atoms with Gasteiger partial charge < -0.3 is 24.6 Å². The number of nitrogens with one attached hydrogen (secondary N) is 1. The van der Waals surface area contributed by atoms with Crippen LogP contribution in [0.1, 0.15) is 19.4 Å². The lowest BCUT2D eigenvalue weighted by Gasteiger charge is -2.35. The maximum Gasteiger partial charge on any atom is 0.180 e. The standard InChI is InChI=1S/C25H28N6O/c1-25(2,32)18-6-8-19(9-7-18)27-23-24-26-11-12-31(24)16-20(28-23)17-5-10-21-22(15-17)30(4)14-13-29(21)3/h5-12,15-16,32H,13-14H2,1-4H3,(H,27,28). The van der Waals surface area contributed by atoms with E-state index in [9.17, 15) is 5.11 Å². The Labute approximate surface area is 188 Å². The van der Waals surface area contributed by atoms with Gasteiger partial charge in [0.15, 0.2) is 11.5 Å². The van der Waals surface area contributed by atoms with E-state index in [1.54, 1.807) is 20.0 Å². The largest absolute Gasteiger partial charge is 0.386 e. The molecule has 0 radical (unpaired) electrons. The van der Waals surface area contributed by atoms with Gasteiger partial charge in [-0.15, -0.1) is 0 Å². The molecular formula is C25H28N6O. The van der Waals surface area contributed by atoms with Crippen molar-refractivity contribution in [2.24, 2.45) is 0 Å². The first-order valence-corrected chi connectivity index (χ1v) is 10.8. The van der Waals surface area contributed by atoms with E-state index in [0.717, 1.165) is 41.2 Å². The number of hydrogen-bond donors (Lipinski definition) is 2. The van der Waals surface area contributed by atoms with Crippen LogP contribution in [0.3, 0.4) is 0 Å². The summed E-state index contributed by atoms with van der Waals surface area (Å²) in [5.41, 5.74) is 6.00. The fraction of sp³-hybridized carbons (Fsp3) is 0.280. The molecule has 0 aliphatic carbocycles. The molecule has 5 rings (SSSR count). The van der Waals surface area contributed by atoms with E-state index < -0.39 is 5.60 Å². The second-order valence-corrected chi connectivity index (χ2v) is 8.94. The number of rotatable bonds is 4. The summed E-state index contributed by atoms with van der Waals surface area (Å²) < 4.78 is 1.99. The van der Waals surface area contributed by atoms with Gasteiger partial charge in [0.2, 0.25) is 0 Å². The monoisotopic (exact) mass is 428 g/mol. The molecule has 164 valence electrons. The van der Waals surface area contributed by atoms with E-state index in [1.165, 1.54) is 11.4 Å². The fourth-order valence-corrected chi connectivity index (χ4v) is 4.10. The number of aromatic nitrogens is 3. The Balaban J connectivity index is 1.54. The molecule has 1 aliphatic rings. The van der Waals surface area contributed by atoms with Gasteiger partial charge in [-0.05, 0) is 43.7 Å². The minimum Gasteiger partial charge on any atom is -0.386 e. The summed E-state index contributed by atoms with van der Waals surface area (Å²) in [6.07, 6.45) is 5.72. The van der Waals surface area contributed by atoms with Gasteiger partial charge in [-0.2, -0.15) is 0 Å². The summed E-state index contributed by atoms with van der Waals surface area (Å²) in [6.45, 7) is 5.57. The molecule has 2 N–H and O–H groups in total. The minimum absolute atomic E-state index is 0.687. The van der Waals surface area contributed by atoms with Gasteiger partial charge in [0.25, 0.3) is 0 Å². The van der Waals surface area contributed by atoms with Crippen LogP contribution in [-0.4, -0.2) is 46.7 Å². The van der Waals surface area contributed by atoms with Gasteiger partial charge in [-0.25, -0.2) is 9.97 Å². The number of nitrogens with zero attached hydrogens (tertiary/aromatic N) is 5. The highest BCUT2D eigenvalue weighted by molar-refractivity contribution is 5.80. The third-order valence-electron chi connectivity index (χ3n) is 6.09. The third-order valence-corrected chi connectivity index (χ3v) is 6.09. The topological polar surface area (TPSA) is 68.9 Å². The smallest absolute Gasteiger partial charge is 0.180 e. The molecule has 3 heterocycles. The molecule has 0 atom stereocenters. The Bertz CT molecular complexity index is 1270. The average molecular weight is 429 g/mol. The van der Waals surface area contributed by atoms with E-state index in [4.69, 9.17) is 4.98 Å². The molecule has 2 aromatic carbocycles. The van der Waals surface area contributed by atoms with E-state index in [-0.39, 0.29) is 0 Å². The van der Waals surface area contributed by atoms with Gasteiger partial charge >= 0.3 is 0 Å². The summed E-state index contributed by atoms with van der Waals surface area (Å²) in [5.74, 6) is 0.687. The van der Waals surface area contributed by atoms with Crippen molar-refractivity contribution in [3.8, 4) is 11.3 Å². The van der Waals surface area contributed by atoms with Crippen molar-refractivity contribution >= 4 is 28.5 Å². The Morgan fingerprint density at radius 3 is 2.41 bits per heavy atom.